The normalized spacial score (nSPS) is 10.2. The minimum Gasteiger partial charge on any atom is -0.311 e. The van der Waals surface area contributed by atoms with E-state index in [9.17, 15) is 0 Å². The maximum atomic E-state index is 4.43. The van der Waals surface area contributed by atoms with Crippen molar-refractivity contribution in [3.8, 4) is 0 Å². The SMILES string of the molecule is Cc1nc(C)c(CCNCc2cccs2)s1.Cl. The molecule has 5 heteroatoms. The van der Waals surface area contributed by atoms with E-state index in [1.54, 1.807) is 11.3 Å². The summed E-state index contributed by atoms with van der Waals surface area (Å²) in [5.41, 5.74) is 1.19. The number of hydrogen-bond acceptors (Lipinski definition) is 4. The first-order chi connectivity index (χ1) is 7.75. The molecule has 0 atom stereocenters. The highest BCUT2D eigenvalue weighted by molar-refractivity contribution is 7.11. The molecular formula is C12H17ClN2S2. The zero-order chi connectivity index (χ0) is 11.4. The highest BCUT2D eigenvalue weighted by Gasteiger charge is 2.03. The lowest BCUT2D eigenvalue weighted by molar-refractivity contribution is 0.695. The largest absolute Gasteiger partial charge is 0.311 e. The van der Waals surface area contributed by atoms with Crippen LogP contribution in [-0.2, 0) is 13.0 Å². The number of rotatable bonds is 5. The van der Waals surface area contributed by atoms with Crippen LogP contribution in [0.5, 0.6) is 0 Å². The molecule has 2 aromatic rings. The minimum atomic E-state index is 0. The summed E-state index contributed by atoms with van der Waals surface area (Å²) in [4.78, 5) is 7.25. The molecule has 0 amide bonds. The topological polar surface area (TPSA) is 24.9 Å². The second-order valence-corrected chi connectivity index (χ2v) is 6.07. The Labute approximate surface area is 117 Å². The van der Waals surface area contributed by atoms with E-state index in [4.69, 9.17) is 0 Å². The predicted molar refractivity (Wildman–Crippen MR) is 78.6 cm³/mol. The summed E-state index contributed by atoms with van der Waals surface area (Å²) in [6.07, 6.45) is 1.09. The lowest BCUT2D eigenvalue weighted by Crippen LogP contribution is -2.15. The Kier molecular flexibility index (Phi) is 6.12. The van der Waals surface area contributed by atoms with Crippen LogP contribution in [-0.4, -0.2) is 11.5 Å². The summed E-state index contributed by atoms with van der Waals surface area (Å²) in [5.74, 6) is 0. The lowest BCUT2D eigenvalue weighted by atomic mass is 10.3. The Morgan fingerprint density at radius 1 is 1.35 bits per heavy atom. The number of thiophene rings is 1. The van der Waals surface area contributed by atoms with Crippen LogP contribution in [0.25, 0.3) is 0 Å². The standard InChI is InChI=1S/C12H16N2S2.ClH/c1-9-12(16-10(2)14-9)5-6-13-8-11-4-3-7-15-11;/h3-4,7,13H,5-6,8H2,1-2H3;1H. The lowest BCUT2D eigenvalue weighted by Gasteiger charge is -2.01. The molecule has 17 heavy (non-hydrogen) atoms. The van der Waals surface area contributed by atoms with Gasteiger partial charge in [-0.05, 0) is 31.7 Å². The van der Waals surface area contributed by atoms with E-state index >= 15 is 0 Å². The Bertz CT molecular complexity index is 437. The van der Waals surface area contributed by atoms with Gasteiger partial charge in [0, 0.05) is 22.8 Å². The molecule has 0 aliphatic carbocycles. The van der Waals surface area contributed by atoms with Crippen LogP contribution in [0, 0.1) is 13.8 Å². The highest BCUT2D eigenvalue weighted by Crippen LogP contribution is 2.17. The van der Waals surface area contributed by atoms with E-state index in [0.717, 1.165) is 19.5 Å². The van der Waals surface area contributed by atoms with Gasteiger partial charge in [-0.3, -0.25) is 0 Å². The maximum Gasteiger partial charge on any atom is 0.0900 e. The van der Waals surface area contributed by atoms with Crippen LogP contribution in [0.4, 0.5) is 0 Å². The van der Waals surface area contributed by atoms with Gasteiger partial charge < -0.3 is 5.32 Å². The quantitative estimate of drug-likeness (QED) is 0.851. The van der Waals surface area contributed by atoms with E-state index in [1.165, 1.54) is 20.5 Å². The molecule has 0 aromatic carbocycles. The Morgan fingerprint density at radius 3 is 2.76 bits per heavy atom. The van der Waals surface area contributed by atoms with E-state index in [1.807, 2.05) is 11.3 Å². The number of hydrogen-bond donors (Lipinski definition) is 1. The third-order valence-electron chi connectivity index (χ3n) is 2.41. The molecule has 2 aromatic heterocycles. The number of halogens is 1. The molecule has 2 nitrogen and oxygen atoms in total. The Hall–Kier alpha value is -0.420. The Balaban J connectivity index is 0.00000144. The first kappa shape index (κ1) is 14.6. The van der Waals surface area contributed by atoms with Gasteiger partial charge in [-0.15, -0.1) is 35.1 Å². The summed E-state index contributed by atoms with van der Waals surface area (Å²) in [7, 11) is 0. The van der Waals surface area contributed by atoms with Crippen LogP contribution >= 0.6 is 35.1 Å². The number of aromatic nitrogens is 1. The molecule has 0 fully saturated rings. The fourth-order valence-electron chi connectivity index (χ4n) is 1.63. The van der Waals surface area contributed by atoms with Crippen molar-refractivity contribution in [2.45, 2.75) is 26.8 Å². The fourth-order valence-corrected chi connectivity index (χ4v) is 3.24. The first-order valence-corrected chi connectivity index (χ1v) is 7.11. The zero-order valence-electron chi connectivity index (χ0n) is 10.0. The molecule has 1 N–H and O–H groups in total. The van der Waals surface area contributed by atoms with Gasteiger partial charge in [-0.25, -0.2) is 4.98 Å². The van der Waals surface area contributed by atoms with E-state index in [2.05, 4.69) is 41.7 Å². The van der Waals surface area contributed by atoms with Gasteiger partial charge in [0.2, 0.25) is 0 Å². The monoisotopic (exact) mass is 288 g/mol. The van der Waals surface area contributed by atoms with Gasteiger partial charge in [0.05, 0.1) is 10.7 Å². The van der Waals surface area contributed by atoms with E-state index in [0.29, 0.717) is 0 Å². The molecule has 0 bridgehead atoms. The van der Waals surface area contributed by atoms with Crippen LogP contribution in [0.15, 0.2) is 17.5 Å². The van der Waals surface area contributed by atoms with Gasteiger partial charge in [0.25, 0.3) is 0 Å². The molecule has 0 aliphatic heterocycles. The molecule has 0 unspecified atom stereocenters. The summed E-state index contributed by atoms with van der Waals surface area (Å²) < 4.78 is 0. The van der Waals surface area contributed by atoms with Gasteiger partial charge in [0.15, 0.2) is 0 Å². The Morgan fingerprint density at radius 2 is 2.18 bits per heavy atom. The smallest absolute Gasteiger partial charge is 0.0900 e. The number of nitrogens with one attached hydrogen (secondary N) is 1. The maximum absolute atomic E-state index is 4.43. The van der Waals surface area contributed by atoms with Crippen LogP contribution < -0.4 is 5.32 Å². The van der Waals surface area contributed by atoms with Gasteiger partial charge in [0.1, 0.15) is 0 Å². The predicted octanol–water partition coefficient (Wildman–Crippen LogP) is 3.58. The minimum absolute atomic E-state index is 0. The zero-order valence-corrected chi connectivity index (χ0v) is 12.5. The van der Waals surface area contributed by atoms with Crippen molar-refractivity contribution in [2.24, 2.45) is 0 Å². The van der Waals surface area contributed by atoms with Crippen molar-refractivity contribution in [1.82, 2.24) is 10.3 Å². The van der Waals surface area contributed by atoms with Crippen molar-refractivity contribution in [2.75, 3.05) is 6.54 Å². The average molecular weight is 289 g/mol. The van der Waals surface area contributed by atoms with Crippen LogP contribution in [0.1, 0.15) is 20.5 Å². The molecule has 0 radical (unpaired) electrons. The second-order valence-electron chi connectivity index (χ2n) is 3.75. The molecule has 0 saturated heterocycles. The van der Waals surface area contributed by atoms with Crippen molar-refractivity contribution in [1.29, 1.82) is 0 Å². The van der Waals surface area contributed by atoms with Crippen molar-refractivity contribution in [3.05, 3.63) is 38.0 Å². The number of thiazole rings is 1. The molecule has 2 rings (SSSR count). The summed E-state index contributed by atoms with van der Waals surface area (Å²) in [5, 5.41) is 6.75. The number of nitrogens with zero attached hydrogens (tertiary/aromatic N) is 1. The molecule has 94 valence electrons. The molecule has 2 heterocycles. The third kappa shape index (κ3) is 4.39. The third-order valence-corrected chi connectivity index (χ3v) is 4.42. The molecule has 0 aliphatic rings. The summed E-state index contributed by atoms with van der Waals surface area (Å²) in [6, 6.07) is 4.26. The van der Waals surface area contributed by atoms with Crippen molar-refractivity contribution < 1.29 is 0 Å². The second kappa shape index (κ2) is 7.11. The first-order valence-electron chi connectivity index (χ1n) is 5.41. The van der Waals surface area contributed by atoms with Crippen molar-refractivity contribution >= 4 is 35.1 Å². The number of aryl methyl sites for hydroxylation is 2. The van der Waals surface area contributed by atoms with Gasteiger partial charge >= 0.3 is 0 Å². The van der Waals surface area contributed by atoms with E-state index < -0.39 is 0 Å². The van der Waals surface area contributed by atoms with Crippen LogP contribution in [0.2, 0.25) is 0 Å². The van der Waals surface area contributed by atoms with Gasteiger partial charge in [-0.2, -0.15) is 0 Å². The highest BCUT2D eigenvalue weighted by atomic mass is 35.5. The van der Waals surface area contributed by atoms with E-state index in [-0.39, 0.29) is 12.4 Å². The molecule has 0 spiro atoms. The average Bonchev–Trinajstić information content (AvgIpc) is 2.84. The molecular weight excluding hydrogens is 272 g/mol. The van der Waals surface area contributed by atoms with Crippen LogP contribution in [0.3, 0.4) is 0 Å². The summed E-state index contributed by atoms with van der Waals surface area (Å²) >= 11 is 3.62. The van der Waals surface area contributed by atoms with Crippen molar-refractivity contribution in [3.63, 3.8) is 0 Å². The van der Waals surface area contributed by atoms with Gasteiger partial charge in [-0.1, -0.05) is 6.07 Å². The molecule has 0 saturated carbocycles. The fraction of sp³-hybridized carbons (Fsp3) is 0.417. The summed E-state index contributed by atoms with van der Waals surface area (Å²) in [6.45, 7) is 6.17.